The number of benzene rings is 2. The smallest absolute Gasteiger partial charge is 0.253 e. The molecule has 0 spiro atoms. The number of carbonyl (C=O) groups excluding carboxylic acids is 1. The molecule has 3 aromatic rings. The molecule has 0 unspecified atom stereocenters. The molecule has 0 bridgehead atoms. The molecule has 1 aliphatic heterocycles. The Labute approximate surface area is 193 Å². The van der Waals surface area contributed by atoms with Crippen LogP contribution in [-0.4, -0.2) is 49.3 Å². The summed E-state index contributed by atoms with van der Waals surface area (Å²) in [5, 5.41) is 20.6. The predicted octanol–water partition coefficient (Wildman–Crippen LogP) is 2.39. The van der Waals surface area contributed by atoms with Crippen LogP contribution in [0.1, 0.15) is 30.4 Å². The first-order valence-corrected chi connectivity index (χ1v) is 11.3. The van der Waals surface area contributed by atoms with Gasteiger partial charge in [0, 0.05) is 31.1 Å². The lowest BCUT2D eigenvalue weighted by atomic mass is 9.91. The monoisotopic (exact) mass is 447 g/mol. The highest BCUT2D eigenvalue weighted by molar-refractivity contribution is 5.76. The van der Waals surface area contributed by atoms with Crippen LogP contribution in [0.2, 0.25) is 0 Å². The SMILES string of the molecule is O=C(CCc1ccccc1)N1CCC(O)(Cn2cnc(-c3ccccc3CO)cc2=O)CC1. The van der Waals surface area contributed by atoms with E-state index in [2.05, 4.69) is 4.98 Å². The van der Waals surface area contributed by atoms with Crippen LogP contribution in [0.3, 0.4) is 0 Å². The standard InChI is InChI=1S/C26H29N3O4/c30-17-21-8-4-5-9-22(21)23-16-25(32)29(19-27-23)18-26(33)12-14-28(15-13-26)24(31)11-10-20-6-2-1-3-7-20/h1-9,16,19,30,33H,10-15,17-18H2. The van der Waals surface area contributed by atoms with Crippen molar-refractivity contribution in [2.45, 2.75) is 44.4 Å². The van der Waals surface area contributed by atoms with Crippen LogP contribution in [0.15, 0.2) is 71.8 Å². The van der Waals surface area contributed by atoms with Crippen molar-refractivity contribution in [3.8, 4) is 11.3 Å². The summed E-state index contributed by atoms with van der Waals surface area (Å²) in [7, 11) is 0. The molecule has 0 atom stereocenters. The lowest BCUT2D eigenvalue weighted by molar-refractivity contribution is -0.135. The third-order valence-corrected chi connectivity index (χ3v) is 6.33. The summed E-state index contributed by atoms with van der Waals surface area (Å²) in [5.74, 6) is 0.0895. The molecule has 0 radical (unpaired) electrons. The Kier molecular flexibility index (Phi) is 7.01. The van der Waals surface area contributed by atoms with Gasteiger partial charge in [0.25, 0.3) is 5.56 Å². The van der Waals surface area contributed by atoms with Gasteiger partial charge in [0.2, 0.25) is 5.91 Å². The van der Waals surface area contributed by atoms with Crippen molar-refractivity contribution in [3.63, 3.8) is 0 Å². The Morgan fingerprint density at radius 2 is 1.73 bits per heavy atom. The summed E-state index contributed by atoms with van der Waals surface area (Å²) in [6.45, 7) is 0.927. The number of aliphatic hydroxyl groups is 2. The van der Waals surface area contributed by atoms with E-state index < -0.39 is 5.60 Å². The summed E-state index contributed by atoms with van der Waals surface area (Å²) in [6, 6.07) is 18.6. The van der Waals surface area contributed by atoms with Gasteiger partial charge >= 0.3 is 0 Å². The highest BCUT2D eigenvalue weighted by Gasteiger charge is 2.34. The predicted molar refractivity (Wildman–Crippen MR) is 125 cm³/mol. The van der Waals surface area contributed by atoms with E-state index in [9.17, 15) is 19.8 Å². The number of aromatic nitrogens is 2. The summed E-state index contributed by atoms with van der Waals surface area (Å²) in [5.41, 5.74) is 1.72. The maximum absolute atomic E-state index is 12.7. The molecule has 0 aliphatic carbocycles. The van der Waals surface area contributed by atoms with Crippen LogP contribution in [0, 0.1) is 0 Å². The fourth-order valence-corrected chi connectivity index (χ4v) is 4.30. The maximum atomic E-state index is 12.7. The number of amides is 1. The van der Waals surface area contributed by atoms with Gasteiger partial charge in [-0.1, -0.05) is 54.6 Å². The van der Waals surface area contributed by atoms with Crippen molar-refractivity contribution in [1.82, 2.24) is 14.5 Å². The number of piperidine rings is 1. The minimum Gasteiger partial charge on any atom is -0.392 e. The van der Waals surface area contributed by atoms with Gasteiger partial charge in [0.05, 0.1) is 30.8 Å². The first-order chi connectivity index (χ1) is 16.0. The molecular weight excluding hydrogens is 418 g/mol. The van der Waals surface area contributed by atoms with Gasteiger partial charge in [0.1, 0.15) is 0 Å². The summed E-state index contributed by atoms with van der Waals surface area (Å²) >= 11 is 0. The molecule has 1 amide bonds. The van der Waals surface area contributed by atoms with E-state index in [0.29, 0.717) is 55.6 Å². The van der Waals surface area contributed by atoms with E-state index in [1.54, 1.807) is 11.0 Å². The normalized spacial score (nSPS) is 15.4. The zero-order valence-electron chi connectivity index (χ0n) is 18.6. The number of aliphatic hydroxyl groups excluding tert-OH is 1. The first kappa shape index (κ1) is 22.9. The van der Waals surface area contributed by atoms with Crippen LogP contribution in [0.5, 0.6) is 0 Å². The van der Waals surface area contributed by atoms with E-state index in [4.69, 9.17) is 0 Å². The Bertz CT molecular complexity index is 1150. The van der Waals surface area contributed by atoms with Crippen molar-refractivity contribution >= 4 is 5.91 Å². The lowest BCUT2D eigenvalue weighted by Gasteiger charge is -2.38. The minimum absolute atomic E-state index is 0.0895. The van der Waals surface area contributed by atoms with Crippen LogP contribution in [0.25, 0.3) is 11.3 Å². The third-order valence-electron chi connectivity index (χ3n) is 6.33. The van der Waals surface area contributed by atoms with Gasteiger partial charge in [0.15, 0.2) is 0 Å². The van der Waals surface area contributed by atoms with E-state index in [1.165, 1.54) is 17.0 Å². The zero-order valence-corrected chi connectivity index (χ0v) is 18.6. The van der Waals surface area contributed by atoms with E-state index >= 15 is 0 Å². The molecule has 2 aromatic carbocycles. The number of carbonyl (C=O) groups is 1. The molecule has 0 saturated carbocycles. The molecule has 7 heteroatoms. The largest absolute Gasteiger partial charge is 0.392 e. The molecule has 1 aliphatic rings. The molecular formula is C26H29N3O4. The second-order valence-corrected chi connectivity index (χ2v) is 8.65. The van der Waals surface area contributed by atoms with Crippen LogP contribution in [-0.2, 0) is 24.4 Å². The van der Waals surface area contributed by atoms with Crippen molar-refractivity contribution in [1.29, 1.82) is 0 Å². The highest BCUT2D eigenvalue weighted by Crippen LogP contribution is 2.25. The molecule has 2 heterocycles. The lowest BCUT2D eigenvalue weighted by Crippen LogP contribution is -2.49. The fourth-order valence-electron chi connectivity index (χ4n) is 4.30. The number of likely N-dealkylation sites (tertiary alicyclic amines) is 1. The molecule has 2 N–H and O–H groups in total. The van der Waals surface area contributed by atoms with Crippen LogP contribution >= 0.6 is 0 Å². The first-order valence-electron chi connectivity index (χ1n) is 11.3. The van der Waals surface area contributed by atoms with Gasteiger partial charge in [-0.05, 0) is 30.4 Å². The van der Waals surface area contributed by atoms with Crippen LogP contribution < -0.4 is 5.56 Å². The highest BCUT2D eigenvalue weighted by atomic mass is 16.3. The molecule has 172 valence electrons. The Morgan fingerprint density at radius 1 is 1.03 bits per heavy atom. The van der Waals surface area contributed by atoms with Crippen molar-refractivity contribution in [3.05, 3.63) is 88.5 Å². The maximum Gasteiger partial charge on any atom is 0.253 e. The molecule has 1 fully saturated rings. The number of hydrogen-bond acceptors (Lipinski definition) is 5. The summed E-state index contributed by atoms with van der Waals surface area (Å²) in [4.78, 5) is 31.5. The van der Waals surface area contributed by atoms with Gasteiger partial charge < -0.3 is 15.1 Å². The van der Waals surface area contributed by atoms with Gasteiger partial charge in [-0.25, -0.2) is 4.98 Å². The van der Waals surface area contributed by atoms with E-state index in [1.807, 2.05) is 48.5 Å². The number of nitrogens with zero attached hydrogens (tertiary/aromatic N) is 3. The van der Waals surface area contributed by atoms with Crippen molar-refractivity contribution < 1.29 is 15.0 Å². The molecule has 1 saturated heterocycles. The molecule has 1 aromatic heterocycles. The minimum atomic E-state index is -1.06. The average Bonchev–Trinajstić information content (AvgIpc) is 2.85. The Morgan fingerprint density at radius 3 is 2.42 bits per heavy atom. The molecule has 33 heavy (non-hydrogen) atoms. The average molecular weight is 448 g/mol. The summed E-state index contributed by atoms with van der Waals surface area (Å²) in [6.07, 6.45) is 3.41. The topological polar surface area (TPSA) is 95.7 Å². The zero-order chi connectivity index (χ0) is 23.3. The van der Waals surface area contributed by atoms with Gasteiger partial charge in [-0.3, -0.25) is 14.2 Å². The Hall–Kier alpha value is -3.29. The number of rotatable bonds is 7. The second kappa shape index (κ2) is 10.1. The number of aryl methyl sites for hydroxylation is 1. The van der Waals surface area contributed by atoms with Gasteiger partial charge in [-0.15, -0.1) is 0 Å². The van der Waals surface area contributed by atoms with Gasteiger partial charge in [-0.2, -0.15) is 0 Å². The van der Waals surface area contributed by atoms with Crippen molar-refractivity contribution in [2.75, 3.05) is 13.1 Å². The third kappa shape index (κ3) is 5.56. The van der Waals surface area contributed by atoms with E-state index in [-0.39, 0.29) is 24.6 Å². The second-order valence-electron chi connectivity index (χ2n) is 8.65. The quantitative estimate of drug-likeness (QED) is 0.580. The Balaban J connectivity index is 1.36. The molecule has 4 rings (SSSR count). The fraction of sp³-hybridized carbons (Fsp3) is 0.346. The van der Waals surface area contributed by atoms with Crippen molar-refractivity contribution in [2.24, 2.45) is 0 Å². The number of hydrogen-bond donors (Lipinski definition) is 2. The summed E-state index contributed by atoms with van der Waals surface area (Å²) < 4.78 is 1.41. The van der Waals surface area contributed by atoms with E-state index in [0.717, 1.165) is 5.56 Å². The molecule has 7 nitrogen and oxygen atoms in total. The van der Waals surface area contributed by atoms with Crippen LogP contribution in [0.4, 0.5) is 0 Å².